The van der Waals surface area contributed by atoms with Gasteiger partial charge in [0.25, 0.3) is 0 Å². The van der Waals surface area contributed by atoms with E-state index < -0.39 is 138 Å². The topological polar surface area (TPSA) is 427 Å². The minimum Gasteiger partial charge on any atom is -0.391 e. The number of fused-ring (bicyclic) bond motifs is 1. The van der Waals surface area contributed by atoms with Crippen molar-refractivity contribution >= 4 is 88.5 Å². The number of carbonyl (C=O) groups is 11. The second kappa shape index (κ2) is 33.8. The van der Waals surface area contributed by atoms with E-state index in [0.29, 0.717) is 44.1 Å². The van der Waals surface area contributed by atoms with Crippen LogP contribution < -0.4 is 65.5 Å². The number of likely N-dealkylation sites (tertiary alicyclic amines) is 1. The molecule has 1 fully saturated rings. The van der Waals surface area contributed by atoms with Crippen molar-refractivity contribution in [1.29, 1.82) is 0 Å². The molecule has 1 saturated heterocycles. The van der Waals surface area contributed by atoms with Gasteiger partial charge in [-0.2, -0.15) is 12.6 Å². The first-order chi connectivity index (χ1) is 38.3. The third-order valence-corrected chi connectivity index (χ3v) is 14.8. The number of H-pyrrole nitrogens is 1. The number of benzene rings is 1. The Morgan fingerprint density at radius 2 is 1.28 bits per heavy atom. The summed E-state index contributed by atoms with van der Waals surface area (Å²) < 4.78 is 0. The molecule has 81 heavy (non-hydrogen) atoms. The van der Waals surface area contributed by atoms with E-state index in [1.54, 1.807) is 46.9 Å². The molecule has 0 saturated carbocycles. The lowest BCUT2D eigenvalue weighted by atomic mass is 9.95. The number of aliphatic hydroxyl groups excluding tert-OH is 1. The third kappa shape index (κ3) is 21.2. The van der Waals surface area contributed by atoms with Crippen LogP contribution in [-0.4, -0.2) is 166 Å². The monoisotopic (exact) mass is 1160 g/mol. The minimum absolute atomic E-state index is 0.00290. The van der Waals surface area contributed by atoms with Gasteiger partial charge in [0.05, 0.1) is 18.7 Å². The molecular weight excluding hydrogens is 1070 g/mol. The van der Waals surface area contributed by atoms with Gasteiger partial charge in [-0.15, -0.1) is 0 Å². The van der Waals surface area contributed by atoms with Gasteiger partial charge in [0.1, 0.15) is 48.3 Å². The van der Waals surface area contributed by atoms with Crippen LogP contribution in [0, 0.1) is 17.8 Å². The van der Waals surface area contributed by atoms with Crippen LogP contribution in [-0.2, 0) is 59.2 Å². The molecular formula is C54H88N14O12S. The van der Waals surface area contributed by atoms with Crippen molar-refractivity contribution < 1.29 is 57.8 Å². The molecule has 1 aliphatic rings. The largest absolute Gasteiger partial charge is 0.391 e. The van der Waals surface area contributed by atoms with Gasteiger partial charge in [-0.3, -0.25) is 52.7 Å². The Labute approximate surface area is 478 Å². The molecule has 0 aliphatic carbocycles. The number of amides is 11. The maximum atomic E-state index is 14.6. The van der Waals surface area contributed by atoms with Gasteiger partial charge in [-0.05, 0) is 87.8 Å². The molecule has 12 atom stereocenters. The average Bonchev–Trinajstić information content (AvgIpc) is 4.17. The van der Waals surface area contributed by atoms with Crippen LogP contribution in [0.1, 0.15) is 118 Å². The molecule has 11 amide bonds. The molecule has 1 aromatic heterocycles. The number of unbranched alkanes of at least 4 members (excludes halogenated alkanes) is 1. The summed E-state index contributed by atoms with van der Waals surface area (Å²) >= 11 is 4.31. The number of nitrogens with two attached hydrogens (primary N) is 4. The molecule has 0 radical (unpaired) electrons. The molecule has 2 heterocycles. The first-order valence-electron chi connectivity index (χ1n) is 27.8. The normalized spacial score (nSPS) is 17.3. The number of primary amides is 2. The lowest BCUT2D eigenvalue weighted by molar-refractivity contribution is -0.140. The zero-order chi connectivity index (χ0) is 60.7. The van der Waals surface area contributed by atoms with Crippen molar-refractivity contribution in [3.63, 3.8) is 0 Å². The van der Waals surface area contributed by atoms with Crippen molar-refractivity contribution in [2.24, 2.45) is 40.7 Å². The first kappa shape index (κ1) is 68.4. The smallest absolute Gasteiger partial charge is 0.246 e. The third-order valence-electron chi connectivity index (χ3n) is 14.5. The molecule has 27 heteroatoms. The van der Waals surface area contributed by atoms with E-state index >= 15 is 0 Å². The highest BCUT2D eigenvalue weighted by Gasteiger charge is 2.39. The Bertz CT molecular complexity index is 2490. The molecule has 1 aromatic carbocycles. The van der Waals surface area contributed by atoms with E-state index in [4.69, 9.17) is 22.9 Å². The average molecular weight is 1160 g/mol. The zero-order valence-corrected chi connectivity index (χ0v) is 48.5. The van der Waals surface area contributed by atoms with Gasteiger partial charge in [0.15, 0.2) is 0 Å². The van der Waals surface area contributed by atoms with Gasteiger partial charge < -0.3 is 80.5 Å². The molecule has 452 valence electrons. The van der Waals surface area contributed by atoms with Crippen molar-refractivity contribution in [1.82, 2.24) is 52.4 Å². The summed E-state index contributed by atoms with van der Waals surface area (Å²) in [6.45, 7) is 11.7. The number of hydrogen-bond donors (Lipinski definition) is 15. The van der Waals surface area contributed by atoms with E-state index in [2.05, 4.69) is 60.1 Å². The maximum Gasteiger partial charge on any atom is 0.246 e. The van der Waals surface area contributed by atoms with Crippen molar-refractivity contribution in [3.8, 4) is 0 Å². The molecule has 18 N–H and O–H groups in total. The molecule has 1 aliphatic heterocycles. The van der Waals surface area contributed by atoms with Crippen LogP contribution in [0.2, 0.25) is 0 Å². The molecule has 0 spiro atoms. The first-order valence-corrected chi connectivity index (χ1v) is 28.5. The molecule has 3 rings (SSSR count). The zero-order valence-electron chi connectivity index (χ0n) is 47.6. The molecule has 2 aromatic rings. The SMILES string of the molecule is CC[C@H](C)[C@H](N)C(=O)N[C@H](C(=O)N[C@@H](CCC(N)=O)C(=O)NCC(=O)N[C@H](C(=O)N[C@@H](CC(C)C)C(=O)N[C@@H](Cc1c[nH]c2ccccc12)C(=O)N[C@@H](CCCCN)C(=O)N[C@@H](CS)C(=O)N1CCC[C@H]1C(N)=O)[C@@H](C)O)[C@@H](C)CC. The van der Waals surface area contributed by atoms with Crippen LogP contribution in [0.3, 0.4) is 0 Å². The molecule has 0 unspecified atom stereocenters. The lowest BCUT2D eigenvalue weighted by Gasteiger charge is -2.29. The highest BCUT2D eigenvalue weighted by molar-refractivity contribution is 7.80. The number of nitrogens with zero attached hydrogens (tertiary/aromatic N) is 1. The highest BCUT2D eigenvalue weighted by Crippen LogP contribution is 2.21. The number of para-hydroxylation sites is 1. The number of aliphatic hydroxyl groups is 1. The summed E-state index contributed by atoms with van der Waals surface area (Å²) in [5.74, 6) is -9.65. The van der Waals surface area contributed by atoms with Gasteiger partial charge in [0, 0.05) is 42.2 Å². The number of aromatic nitrogens is 1. The predicted molar refractivity (Wildman–Crippen MR) is 306 cm³/mol. The summed E-state index contributed by atoms with van der Waals surface area (Å²) in [6.07, 6.45) is 2.23. The summed E-state index contributed by atoms with van der Waals surface area (Å²) in [7, 11) is 0. The predicted octanol–water partition coefficient (Wildman–Crippen LogP) is -2.13. The van der Waals surface area contributed by atoms with Crippen LogP contribution in [0.15, 0.2) is 30.5 Å². The number of thiol groups is 1. The Hall–Kier alpha value is -6.84. The Kier molecular flexibility index (Phi) is 28.6. The molecule has 0 bridgehead atoms. The van der Waals surface area contributed by atoms with Gasteiger partial charge in [-0.1, -0.05) is 72.6 Å². The quantitative estimate of drug-likeness (QED) is 0.0259. The summed E-state index contributed by atoms with van der Waals surface area (Å²) in [5.41, 5.74) is 24.2. The van der Waals surface area contributed by atoms with E-state index in [0.717, 1.165) is 10.9 Å². The van der Waals surface area contributed by atoms with Crippen LogP contribution in [0.4, 0.5) is 0 Å². The fraction of sp³-hybridized carbons (Fsp3) is 0.648. The minimum atomic E-state index is -1.71. The second-order valence-electron chi connectivity index (χ2n) is 21.3. The van der Waals surface area contributed by atoms with E-state index in [1.165, 1.54) is 11.8 Å². The van der Waals surface area contributed by atoms with Crippen LogP contribution >= 0.6 is 12.6 Å². The fourth-order valence-corrected chi connectivity index (χ4v) is 9.43. The Balaban J connectivity index is 1.85. The van der Waals surface area contributed by atoms with Gasteiger partial charge >= 0.3 is 0 Å². The number of nitrogens with one attached hydrogen (secondary N) is 9. The van der Waals surface area contributed by atoms with Crippen molar-refractivity contribution in [3.05, 3.63) is 36.0 Å². The number of carbonyl (C=O) groups excluding carboxylic acids is 11. The number of rotatable bonds is 35. The van der Waals surface area contributed by atoms with E-state index in [-0.39, 0.29) is 62.8 Å². The van der Waals surface area contributed by atoms with Crippen molar-refractivity contribution in [2.45, 2.75) is 180 Å². The second-order valence-corrected chi connectivity index (χ2v) is 21.7. The van der Waals surface area contributed by atoms with Crippen molar-refractivity contribution in [2.75, 3.05) is 25.4 Å². The number of aromatic amines is 1. The van der Waals surface area contributed by atoms with E-state index in [1.807, 2.05) is 25.1 Å². The Morgan fingerprint density at radius 1 is 0.704 bits per heavy atom. The fourth-order valence-electron chi connectivity index (χ4n) is 9.19. The maximum absolute atomic E-state index is 14.6. The standard InChI is InChI=1S/C54H88N14O12S/c1-8-29(5)43(57)51(77)67-44(30(6)9-2)52(78)62-36(19-20-41(56)70)47(73)60-26-42(71)66-45(31(7)69)53(79)64-37(23-28(3)4)49(75)63-38(24-32-25-59-34-16-11-10-15-33(32)34)50(76)61-35(17-12-13-21-55)48(74)65-39(27-81)54(80)68-22-14-18-40(68)46(58)72/h10-11,15-16,25,28-31,35-40,43-45,59,69,81H,8-9,12-14,17-24,26-27,55,57H2,1-7H3,(H2,56,70)(H2,58,72)(H,60,73)(H,61,76)(H,62,78)(H,63,75)(H,64,79)(H,65,74)(H,66,71)(H,67,77)/t29-,30-,31+,35-,36-,37-,38-,39-,40-,43-,44-,45-/m0/s1. The van der Waals surface area contributed by atoms with Gasteiger partial charge in [-0.25, -0.2) is 0 Å². The van der Waals surface area contributed by atoms with E-state index in [9.17, 15) is 57.8 Å². The number of hydrogen-bond acceptors (Lipinski definition) is 15. The summed E-state index contributed by atoms with van der Waals surface area (Å²) in [6, 6.07) is -3.99. The summed E-state index contributed by atoms with van der Waals surface area (Å²) in [5, 5.41) is 32.3. The van der Waals surface area contributed by atoms with Crippen LogP contribution in [0.5, 0.6) is 0 Å². The lowest BCUT2D eigenvalue weighted by Crippen LogP contribution is -2.61. The highest BCUT2D eigenvalue weighted by atomic mass is 32.1. The Morgan fingerprint density at radius 3 is 1.89 bits per heavy atom. The summed E-state index contributed by atoms with van der Waals surface area (Å²) in [4.78, 5) is 153. The van der Waals surface area contributed by atoms with Gasteiger partial charge in [0.2, 0.25) is 65.0 Å². The molecule has 26 nitrogen and oxygen atoms in total. The van der Waals surface area contributed by atoms with Crippen LogP contribution in [0.25, 0.3) is 10.9 Å².